The van der Waals surface area contributed by atoms with E-state index in [1.165, 1.54) is 6.07 Å². The van der Waals surface area contributed by atoms with E-state index < -0.39 is 6.10 Å². The molecule has 4 rings (SSSR count). The van der Waals surface area contributed by atoms with Gasteiger partial charge in [-0.15, -0.1) is 0 Å². The first-order chi connectivity index (χ1) is 16.2. The van der Waals surface area contributed by atoms with E-state index in [2.05, 4.69) is 5.16 Å². The normalized spacial score (nSPS) is 16.5. The van der Waals surface area contributed by atoms with Gasteiger partial charge in [0.05, 0.1) is 25.0 Å². The van der Waals surface area contributed by atoms with Crippen molar-refractivity contribution in [1.29, 1.82) is 0 Å². The summed E-state index contributed by atoms with van der Waals surface area (Å²) in [6, 6.07) is 26.5. The highest BCUT2D eigenvalue weighted by Gasteiger charge is 2.26. The first-order valence-electron chi connectivity index (χ1n) is 11.2. The fourth-order valence-corrected chi connectivity index (χ4v) is 3.92. The third kappa shape index (κ3) is 6.96. The summed E-state index contributed by atoms with van der Waals surface area (Å²) in [4.78, 5) is 7.68. The first kappa shape index (κ1) is 23.1. The van der Waals surface area contributed by atoms with E-state index in [-0.39, 0.29) is 18.5 Å². The summed E-state index contributed by atoms with van der Waals surface area (Å²) >= 11 is 0. The molecule has 0 radical (unpaired) electrons. The molecule has 0 aromatic heterocycles. The number of oxime groups is 1. The predicted molar refractivity (Wildman–Crippen MR) is 126 cm³/mol. The summed E-state index contributed by atoms with van der Waals surface area (Å²) in [5, 5.41) is 14.9. The topological polar surface area (TPSA) is 54.3 Å². The smallest absolute Gasteiger partial charge is 0.145 e. The van der Waals surface area contributed by atoms with Crippen LogP contribution in [0, 0.1) is 5.82 Å². The fraction of sp³-hybridized carbons (Fsp3) is 0.296. The Kier molecular flexibility index (Phi) is 8.19. The van der Waals surface area contributed by atoms with Gasteiger partial charge in [-0.25, -0.2) is 4.39 Å². The molecule has 5 nitrogen and oxygen atoms in total. The van der Waals surface area contributed by atoms with Gasteiger partial charge < -0.3 is 14.7 Å². The quantitative estimate of drug-likeness (QED) is 0.473. The minimum atomic E-state index is -0.712. The van der Waals surface area contributed by atoms with Gasteiger partial charge in [0, 0.05) is 31.6 Å². The molecule has 0 saturated carbocycles. The molecule has 3 aromatic rings. The maximum Gasteiger partial charge on any atom is 0.145 e. The van der Waals surface area contributed by atoms with Crippen molar-refractivity contribution < 1.29 is 19.1 Å². The summed E-state index contributed by atoms with van der Waals surface area (Å²) in [5.74, 6) is -0.258. The average molecular weight is 449 g/mol. The highest BCUT2D eigenvalue weighted by molar-refractivity contribution is 6.01. The molecule has 0 aliphatic carbocycles. The summed E-state index contributed by atoms with van der Waals surface area (Å²) in [6.45, 7) is 1.85. The Bertz CT molecular complexity index is 1030. The number of ether oxygens (including phenoxy) is 1. The molecule has 1 aliphatic rings. The predicted octanol–water partition coefficient (Wildman–Crippen LogP) is 4.40. The Morgan fingerprint density at radius 1 is 1.00 bits per heavy atom. The van der Waals surface area contributed by atoms with E-state index >= 15 is 0 Å². The van der Waals surface area contributed by atoms with Crippen LogP contribution in [-0.4, -0.2) is 47.6 Å². The molecule has 172 valence electrons. The molecule has 33 heavy (non-hydrogen) atoms. The number of aliphatic hydroxyl groups excluding tert-OH is 1. The molecule has 0 bridgehead atoms. The van der Waals surface area contributed by atoms with Crippen LogP contribution in [-0.2, 0) is 22.7 Å². The monoisotopic (exact) mass is 448 g/mol. The third-order valence-electron chi connectivity index (χ3n) is 5.54. The Hall–Kier alpha value is -3.06. The maximum atomic E-state index is 14.3. The van der Waals surface area contributed by atoms with Gasteiger partial charge in [-0.05, 0) is 17.2 Å². The van der Waals surface area contributed by atoms with Crippen molar-refractivity contribution in [3.8, 4) is 0 Å². The second-order valence-corrected chi connectivity index (χ2v) is 8.28. The molecule has 0 unspecified atom stereocenters. The Morgan fingerprint density at radius 3 is 2.45 bits per heavy atom. The van der Waals surface area contributed by atoms with Crippen LogP contribution in [0.15, 0.2) is 90.1 Å². The van der Waals surface area contributed by atoms with Crippen molar-refractivity contribution in [3.63, 3.8) is 0 Å². The molecular weight excluding hydrogens is 419 g/mol. The minimum absolute atomic E-state index is 0.163. The van der Waals surface area contributed by atoms with E-state index in [1.807, 2.05) is 71.6 Å². The van der Waals surface area contributed by atoms with Crippen molar-refractivity contribution in [3.05, 3.63) is 107 Å². The summed E-state index contributed by atoms with van der Waals surface area (Å²) < 4.78 is 20.0. The van der Waals surface area contributed by atoms with Crippen LogP contribution in [0.3, 0.4) is 0 Å². The van der Waals surface area contributed by atoms with E-state index in [4.69, 9.17) is 9.57 Å². The Morgan fingerprint density at radius 2 is 1.70 bits per heavy atom. The highest BCUT2D eigenvalue weighted by Crippen LogP contribution is 2.19. The molecule has 0 saturated heterocycles. The molecule has 6 heteroatoms. The molecule has 3 aromatic carbocycles. The lowest BCUT2D eigenvalue weighted by Crippen LogP contribution is -2.39. The molecule has 1 N–H and O–H groups in total. The van der Waals surface area contributed by atoms with E-state index in [0.29, 0.717) is 38.2 Å². The zero-order valence-electron chi connectivity index (χ0n) is 18.5. The van der Waals surface area contributed by atoms with Crippen molar-refractivity contribution in [2.45, 2.75) is 31.8 Å². The van der Waals surface area contributed by atoms with E-state index in [1.54, 1.807) is 12.1 Å². The van der Waals surface area contributed by atoms with E-state index in [9.17, 15) is 9.50 Å². The van der Waals surface area contributed by atoms with Crippen LogP contribution in [0.4, 0.5) is 4.39 Å². The standard InChI is InChI=1S/C27H29FN2O3/c28-26-14-8-7-13-23(26)16-30(17-24(31)20-32-19-21-9-3-1-4-10-21)18-25-15-27(29-33-25)22-11-5-2-6-12-22/h1-14,24-25,31H,15-20H2/t24-,25+/m0/s1. The van der Waals surface area contributed by atoms with Crippen molar-refractivity contribution in [1.82, 2.24) is 4.90 Å². The first-order valence-corrected chi connectivity index (χ1v) is 11.2. The fourth-order valence-electron chi connectivity index (χ4n) is 3.92. The van der Waals surface area contributed by atoms with Crippen LogP contribution in [0.2, 0.25) is 0 Å². The molecule has 1 aliphatic heterocycles. The average Bonchev–Trinajstić information content (AvgIpc) is 3.30. The second-order valence-electron chi connectivity index (χ2n) is 8.28. The molecular formula is C27H29FN2O3. The lowest BCUT2D eigenvalue weighted by Gasteiger charge is -2.27. The van der Waals surface area contributed by atoms with Gasteiger partial charge >= 0.3 is 0 Å². The third-order valence-corrected chi connectivity index (χ3v) is 5.54. The molecule has 0 amide bonds. The Balaban J connectivity index is 1.34. The summed E-state index contributed by atoms with van der Waals surface area (Å²) in [5.41, 5.74) is 3.57. The highest BCUT2D eigenvalue weighted by atomic mass is 19.1. The van der Waals surface area contributed by atoms with Crippen LogP contribution in [0.5, 0.6) is 0 Å². The van der Waals surface area contributed by atoms with Crippen molar-refractivity contribution in [2.24, 2.45) is 5.16 Å². The van der Waals surface area contributed by atoms with Gasteiger partial charge in [-0.2, -0.15) is 0 Å². The largest absolute Gasteiger partial charge is 0.390 e. The molecule has 0 spiro atoms. The van der Waals surface area contributed by atoms with Crippen LogP contribution in [0.1, 0.15) is 23.1 Å². The van der Waals surface area contributed by atoms with E-state index in [0.717, 1.165) is 16.8 Å². The van der Waals surface area contributed by atoms with Gasteiger partial charge in [0.25, 0.3) is 0 Å². The van der Waals surface area contributed by atoms with Crippen LogP contribution < -0.4 is 0 Å². The number of rotatable bonds is 11. The molecule has 1 heterocycles. The summed E-state index contributed by atoms with van der Waals surface area (Å²) in [7, 11) is 0. The number of aliphatic hydroxyl groups is 1. The summed E-state index contributed by atoms with van der Waals surface area (Å²) in [6.07, 6.45) is -0.209. The van der Waals surface area contributed by atoms with Gasteiger partial charge in [0.1, 0.15) is 11.9 Å². The van der Waals surface area contributed by atoms with Gasteiger partial charge in [-0.3, -0.25) is 4.90 Å². The lowest BCUT2D eigenvalue weighted by molar-refractivity contribution is -0.00670. The van der Waals surface area contributed by atoms with Crippen molar-refractivity contribution in [2.75, 3.05) is 19.7 Å². The molecule has 2 atom stereocenters. The SMILES string of the molecule is O[C@H](COCc1ccccc1)CN(Cc1ccccc1F)C[C@H]1CC(c2ccccc2)=NO1. The number of halogens is 1. The number of hydrogen-bond donors (Lipinski definition) is 1. The number of hydrogen-bond acceptors (Lipinski definition) is 5. The van der Waals surface area contributed by atoms with Gasteiger partial charge in [-0.1, -0.05) is 84.0 Å². The minimum Gasteiger partial charge on any atom is -0.390 e. The van der Waals surface area contributed by atoms with Crippen LogP contribution in [0.25, 0.3) is 0 Å². The number of nitrogens with zero attached hydrogens (tertiary/aromatic N) is 2. The maximum absolute atomic E-state index is 14.3. The van der Waals surface area contributed by atoms with Gasteiger partial charge in [0.2, 0.25) is 0 Å². The lowest BCUT2D eigenvalue weighted by atomic mass is 10.0. The number of benzene rings is 3. The Labute approximate surface area is 194 Å². The van der Waals surface area contributed by atoms with Gasteiger partial charge in [0.15, 0.2) is 0 Å². The second kappa shape index (κ2) is 11.7. The van der Waals surface area contributed by atoms with Crippen molar-refractivity contribution >= 4 is 5.71 Å². The zero-order chi connectivity index (χ0) is 22.9. The molecule has 0 fully saturated rings. The van der Waals surface area contributed by atoms with Crippen LogP contribution >= 0.6 is 0 Å². The zero-order valence-corrected chi connectivity index (χ0v) is 18.5.